The lowest BCUT2D eigenvalue weighted by molar-refractivity contribution is 0.112. The molecule has 1 aliphatic rings. The van der Waals surface area contributed by atoms with Gasteiger partial charge in [-0.1, -0.05) is 39.0 Å². The molecule has 0 saturated carbocycles. The predicted molar refractivity (Wildman–Crippen MR) is 76.8 cm³/mol. The number of hydrogen-bond acceptors (Lipinski definition) is 4. The molecule has 18 heavy (non-hydrogen) atoms. The Morgan fingerprint density at radius 1 is 1.39 bits per heavy atom. The van der Waals surface area contributed by atoms with Gasteiger partial charge in [-0.05, 0) is 19.3 Å². The van der Waals surface area contributed by atoms with E-state index in [0.717, 1.165) is 28.5 Å². The zero-order valence-electron chi connectivity index (χ0n) is 11.9. The minimum absolute atomic E-state index is 0.0699. The first-order chi connectivity index (χ1) is 8.32. The molecule has 1 aromatic rings. The van der Waals surface area contributed by atoms with Crippen LogP contribution in [0.2, 0.25) is 0 Å². The van der Waals surface area contributed by atoms with E-state index in [0.29, 0.717) is 12.0 Å². The maximum atomic E-state index is 11.2. The molecule has 1 aliphatic heterocycles. The summed E-state index contributed by atoms with van der Waals surface area (Å²) in [5, 5.41) is 1.01. The summed E-state index contributed by atoms with van der Waals surface area (Å²) in [6.45, 7) is 11.9. The fourth-order valence-corrected chi connectivity index (χ4v) is 3.83. The van der Waals surface area contributed by atoms with Crippen LogP contribution in [0.5, 0.6) is 0 Å². The van der Waals surface area contributed by atoms with E-state index in [1.165, 1.54) is 17.8 Å². The normalized spacial score (nSPS) is 24.6. The minimum atomic E-state index is -0.0699. The van der Waals surface area contributed by atoms with Crippen molar-refractivity contribution in [3.8, 4) is 0 Å². The summed E-state index contributed by atoms with van der Waals surface area (Å²) >= 11 is 1.54. The smallest absolute Gasteiger partial charge is 0.186 e. The number of thiazole rings is 1. The molecular formula is C14H22N2OS. The molecule has 3 nitrogen and oxygen atoms in total. The fraction of sp³-hybridized carbons (Fsp3) is 0.714. The van der Waals surface area contributed by atoms with Crippen LogP contribution < -0.4 is 4.90 Å². The molecule has 1 fully saturated rings. The van der Waals surface area contributed by atoms with Gasteiger partial charge in [0.25, 0.3) is 0 Å². The van der Waals surface area contributed by atoms with Crippen LogP contribution in [0.4, 0.5) is 5.13 Å². The number of anilines is 1. The molecule has 0 spiro atoms. The molecular weight excluding hydrogens is 244 g/mol. The number of aromatic nitrogens is 1. The molecule has 1 aromatic heterocycles. The van der Waals surface area contributed by atoms with E-state index in [1.807, 2.05) is 0 Å². The molecule has 2 unspecified atom stereocenters. The van der Waals surface area contributed by atoms with Crippen molar-refractivity contribution < 1.29 is 4.79 Å². The number of carbonyl (C=O) groups is 1. The Morgan fingerprint density at radius 2 is 2.06 bits per heavy atom. The molecule has 0 aliphatic carbocycles. The molecule has 100 valence electrons. The van der Waals surface area contributed by atoms with Crippen LogP contribution in [0.1, 0.15) is 56.4 Å². The van der Waals surface area contributed by atoms with Crippen molar-refractivity contribution in [3.05, 3.63) is 10.6 Å². The number of carbonyl (C=O) groups excluding carboxylic acids is 1. The van der Waals surface area contributed by atoms with Crippen molar-refractivity contribution in [3.63, 3.8) is 0 Å². The topological polar surface area (TPSA) is 33.2 Å². The van der Waals surface area contributed by atoms with Gasteiger partial charge < -0.3 is 4.90 Å². The fourth-order valence-electron chi connectivity index (χ4n) is 2.63. The first-order valence-electron chi connectivity index (χ1n) is 6.56. The predicted octanol–water partition coefficient (Wildman–Crippen LogP) is 3.49. The van der Waals surface area contributed by atoms with Crippen LogP contribution in [0.15, 0.2) is 0 Å². The number of hydrogen-bond donors (Lipinski definition) is 0. The summed E-state index contributed by atoms with van der Waals surface area (Å²) < 4.78 is 0. The molecule has 0 N–H and O–H groups in total. The van der Waals surface area contributed by atoms with E-state index < -0.39 is 0 Å². The lowest BCUT2D eigenvalue weighted by Crippen LogP contribution is -2.26. The summed E-state index contributed by atoms with van der Waals surface area (Å²) in [5.41, 5.74) is 0.865. The van der Waals surface area contributed by atoms with Crippen LogP contribution in [0, 0.1) is 5.92 Å². The van der Waals surface area contributed by atoms with E-state index in [9.17, 15) is 4.79 Å². The summed E-state index contributed by atoms with van der Waals surface area (Å²) in [6, 6.07) is 0.526. The van der Waals surface area contributed by atoms with Crippen LogP contribution in [-0.2, 0) is 5.41 Å². The molecule has 0 amide bonds. The Hall–Kier alpha value is -0.900. The van der Waals surface area contributed by atoms with E-state index in [1.54, 1.807) is 0 Å². The lowest BCUT2D eigenvalue weighted by atomic mass is 9.91. The third-order valence-corrected chi connectivity index (χ3v) is 4.51. The minimum Gasteiger partial charge on any atom is -0.345 e. The Bertz CT molecular complexity index is 447. The number of aldehydes is 1. The quantitative estimate of drug-likeness (QED) is 0.768. The van der Waals surface area contributed by atoms with E-state index in [4.69, 9.17) is 4.98 Å². The Balaban J connectivity index is 2.36. The average molecular weight is 266 g/mol. The number of rotatable bonds is 2. The molecule has 1 saturated heterocycles. The van der Waals surface area contributed by atoms with Gasteiger partial charge in [-0.3, -0.25) is 4.79 Å². The molecule has 0 radical (unpaired) electrons. The van der Waals surface area contributed by atoms with Crippen LogP contribution in [-0.4, -0.2) is 23.9 Å². The molecule has 0 aromatic carbocycles. The molecule has 2 atom stereocenters. The first-order valence-corrected chi connectivity index (χ1v) is 7.37. The van der Waals surface area contributed by atoms with Crippen molar-refractivity contribution in [2.75, 3.05) is 11.4 Å². The van der Waals surface area contributed by atoms with Crippen molar-refractivity contribution in [1.29, 1.82) is 0 Å². The van der Waals surface area contributed by atoms with Gasteiger partial charge in [0, 0.05) is 18.0 Å². The highest BCUT2D eigenvalue weighted by Crippen LogP contribution is 2.36. The van der Waals surface area contributed by atoms with Gasteiger partial charge in [0.15, 0.2) is 11.4 Å². The number of nitrogens with zero attached hydrogens (tertiary/aromatic N) is 2. The zero-order valence-corrected chi connectivity index (χ0v) is 12.7. The van der Waals surface area contributed by atoms with Gasteiger partial charge >= 0.3 is 0 Å². The van der Waals surface area contributed by atoms with Gasteiger partial charge in [0.2, 0.25) is 0 Å². The van der Waals surface area contributed by atoms with Gasteiger partial charge in [-0.15, -0.1) is 0 Å². The monoisotopic (exact) mass is 266 g/mol. The van der Waals surface area contributed by atoms with Gasteiger partial charge in [-0.25, -0.2) is 4.98 Å². The Morgan fingerprint density at radius 3 is 2.44 bits per heavy atom. The zero-order chi connectivity index (χ0) is 13.5. The van der Waals surface area contributed by atoms with E-state index in [-0.39, 0.29) is 5.41 Å². The lowest BCUT2D eigenvalue weighted by Gasteiger charge is -2.20. The largest absolute Gasteiger partial charge is 0.345 e. The van der Waals surface area contributed by atoms with E-state index >= 15 is 0 Å². The van der Waals surface area contributed by atoms with Gasteiger partial charge in [0.1, 0.15) is 0 Å². The highest BCUT2D eigenvalue weighted by molar-refractivity contribution is 7.17. The Labute approximate surface area is 113 Å². The average Bonchev–Trinajstić information content (AvgIpc) is 2.80. The van der Waals surface area contributed by atoms with Gasteiger partial charge in [-0.2, -0.15) is 0 Å². The third kappa shape index (κ3) is 2.44. The second kappa shape index (κ2) is 4.65. The van der Waals surface area contributed by atoms with Crippen LogP contribution in [0.25, 0.3) is 0 Å². The highest BCUT2D eigenvalue weighted by atomic mass is 32.1. The standard InChI is InChI=1S/C14H22N2OS/c1-9-6-10(2)16(7-9)13-15-12(14(3,4)5)11(8-17)18-13/h8-10H,6-7H2,1-5H3. The third-order valence-electron chi connectivity index (χ3n) is 3.49. The molecule has 0 bridgehead atoms. The molecule has 2 heterocycles. The van der Waals surface area contributed by atoms with Crippen molar-refractivity contribution in [1.82, 2.24) is 4.98 Å². The second-order valence-corrected chi connectivity index (χ2v) is 7.43. The SMILES string of the molecule is CC1CC(C)N(c2nc(C(C)(C)C)c(C=O)s2)C1. The summed E-state index contributed by atoms with van der Waals surface area (Å²) in [7, 11) is 0. The van der Waals surface area contributed by atoms with Crippen molar-refractivity contribution in [2.24, 2.45) is 5.92 Å². The first kappa shape index (κ1) is 13.5. The van der Waals surface area contributed by atoms with Crippen molar-refractivity contribution >= 4 is 22.8 Å². The molecule has 2 rings (SSSR count). The van der Waals surface area contributed by atoms with E-state index in [2.05, 4.69) is 39.5 Å². The molecule has 4 heteroatoms. The second-order valence-electron chi connectivity index (χ2n) is 6.42. The maximum absolute atomic E-state index is 11.2. The summed E-state index contributed by atoms with van der Waals surface area (Å²) in [4.78, 5) is 19.1. The highest BCUT2D eigenvalue weighted by Gasteiger charge is 2.31. The van der Waals surface area contributed by atoms with Crippen molar-refractivity contribution in [2.45, 2.75) is 52.5 Å². The Kier molecular flexibility index (Phi) is 3.49. The summed E-state index contributed by atoms with van der Waals surface area (Å²) in [5.74, 6) is 0.710. The van der Waals surface area contributed by atoms with Crippen LogP contribution in [0.3, 0.4) is 0 Å². The van der Waals surface area contributed by atoms with Gasteiger partial charge in [0.05, 0.1) is 10.6 Å². The van der Waals surface area contributed by atoms with Crippen LogP contribution >= 0.6 is 11.3 Å². The summed E-state index contributed by atoms with van der Waals surface area (Å²) in [6.07, 6.45) is 2.16. The maximum Gasteiger partial charge on any atom is 0.186 e.